The van der Waals surface area contributed by atoms with E-state index in [4.69, 9.17) is 0 Å². The molecule has 1 saturated heterocycles. The van der Waals surface area contributed by atoms with Gasteiger partial charge in [0.2, 0.25) is 11.8 Å². The Kier molecular flexibility index (Phi) is 2.77. The third kappa shape index (κ3) is 1.70. The van der Waals surface area contributed by atoms with Crippen LogP contribution in [-0.2, 0) is 9.59 Å². The summed E-state index contributed by atoms with van der Waals surface area (Å²) in [7, 11) is 0. The first kappa shape index (κ1) is 13.3. The molecule has 1 aromatic carbocycles. The van der Waals surface area contributed by atoms with E-state index in [2.05, 4.69) is 31.2 Å². The average molecular weight is 361 g/mol. The van der Waals surface area contributed by atoms with Crippen molar-refractivity contribution in [3.8, 4) is 0 Å². The molecular formula is C14H9BrN4O3. The molecule has 4 rings (SSSR count). The molecule has 0 bridgehead atoms. The number of amides is 3. The Hall–Kier alpha value is -2.35. The zero-order valence-corrected chi connectivity index (χ0v) is 12.8. The third-order valence-corrected chi connectivity index (χ3v) is 4.56. The van der Waals surface area contributed by atoms with E-state index in [1.165, 1.54) is 11.2 Å². The van der Waals surface area contributed by atoms with Gasteiger partial charge in [0.1, 0.15) is 18.1 Å². The monoisotopic (exact) mass is 360 g/mol. The second-order valence-electron chi connectivity index (χ2n) is 5.15. The Balaban J connectivity index is 1.89. The first-order valence-electron chi connectivity index (χ1n) is 6.68. The molecule has 22 heavy (non-hydrogen) atoms. The van der Waals surface area contributed by atoms with Crippen molar-refractivity contribution in [2.24, 2.45) is 0 Å². The van der Waals surface area contributed by atoms with Crippen molar-refractivity contribution in [3.63, 3.8) is 0 Å². The largest absolute Gasteiger partial charge is 0.295 e. The summed E-state index contributed by atoms with van der Waals surface area (Å²) >= 11 is 3.40. The number of imide groups is 1. The van der Waals surface area contributed by atoms with Crippen molar-refractivity contribution in [3.05, 3.63) is 28.6 Å². The Morgan fingerprint density at radius 2 is 2.05 bits per heavy atom. The van der Waals surface area contributed by atoms with Crippen molar-refractivity contribution in [1.82, 2.24) is 15.3 Å². The topological polar surface area (TPSA) is 92.3 Å². The molecule has 0 radical (unpaired) electrons. The van der Waals surface area contributed by atoms with Gasteiger partial charge in [0, 0.05) is 10.9 Å². The summed E-state index contributed by atoms with van der Waals surface area (Å²) in [5.74, 6) is -1.11. The van der Waals surface area contributed by atoms with Gasteiger partial charge >= 0.3 is 0 Å². The van der Waals surface area contributed by atoms with E-state index in [1.807, 2.05) is 0 Å². The lowest BCUT2D eigenvalue weighted by atomic mass is 10.0. The number of aromatic nitrogens is 2. The van der Waals surface area contributed by atoms with Gasteiger partial charge in [-0.3, -0.25) is 24.6 Å². The zero-order valence-electron chi connectivity index (χ0n) is 11.2. The molecular weight excluding hydrogens is 352 g/mol. The van der Waals surface area contributed by atoms with Crippen molar-refractivity contribution < 1.29 is 14.4 Å². The lowest BCUT2D eigenvalue weighted by Crippen LogP contribution is -2.53. The lowest BCUT2D eigenvalue weighted by Gasteiger charge is -2.29. The maximum absolute atomic E-state index is 12.7. The van der Waals surface area contributed by atoms with Crippen molar-refractivity contribution >= 4 is 50.2 Å². The number of nitrogens with zero attached hydrogens (tertiary/aromatic N) is 3. The van der Waals surface area contributed by atoms with E-state index in [-0.39, 0.29) is 23.9 Å². The third-order valence-electron chi connectivity index (χ3n) is 3.92. The molecule has 7 nitrogen and oxygen atoms in total. The molecule has 110 valence electrons. The molecule has 3 heterocycles. The number of hydrogen-bond acceptors (Lipinski definition) is 5. The number of benzene rings is 1. The van der Waals surface area contributed by atoms with Crippen molar-refractivity contribution in [2.45, 2.75) is 18.9 Å². The van der Waals surface area contributed by atoms with Gasteiger partial charge in [0.15, 0.2) is 0 Å². The van der Waals surface area contributed by atoms with E-state index >= 15 is 0 Å². The Labute approximate surface area is 132 Å². The molecule has 1 fully saturated rings. The molecule has 1 aromatic heterocycles. The van der Waals surface area contributed by atoms with Gasteiger partial charge in [0.05, 0.1) is 16.6 Å². The van der Waals surface area contributed by atoms with Crippen LogP contribution < -0.4 is 10.2 Å². The number of halogens is 1. The molecule has 0 saturated carbocycles. The molecule has 3 amide bonds. The number of carbonyl (C=O) groups excluding carboxylic acids is 3. The fourth-order valence-corrected chi connectivity index (χ4v) is 3.38. The van der Waals surface area contributed by atoms with Crippen LogP contribution in [0.5, 0.6) is 0 Å². The molecule has 2 aliphatic heterocycles. The second-order valence-corrected chi connectivity index (χ2v) is 6.01. The van der Waals surface area contributed by atoms with Crippen LogP contribution in [0.1, 0.15) is 23.3 Å². The van der Waals surface area contributed by atoms with Gasteiger partial charge in [-0.15, -0.1) is 0 Å². The minimum atomic E-state index is -0.705. The molecule has 0 aliphatic carbocycles. The lowest BCUT2D eigenvalue weighted by molar-refractivity contribution is -0.134. The number of piperidine rings is 1. The summed E-state index contributed by atoms with van der Waals surface area (Å²) in [6.45, 7) is 0. The molecule has 0 spiro atoms. The molecule has 1 atom stereocenters. The average Bonchev–Trinajstić information content (AvgIpc) is 2.78. The van der Waals surface area contributed by atoms with Gasteiger partial charge in [-0.1, -0.05) is 0 Å². The summed E-state index contributed by atoms with van der Waals surface area (Å²) in [6.07, 6.45) is 1.84. The molecule has 2 aliphatic rings. The minimum Gasteiger partial charge on any atom is -0.295 e. The number of nitrogens with one attached hydrogen (secondary N) is 1. The van der Waals surface area contributed by atoms with Crippen LogP contribution in [0.2, 0.25) is 0 Å². The molecule has 1 unspecified atom stereocenters. The van der Waals surface area contributed by atoms with E-state index in [1.54, 1.807) is 12.1 Å². The molecule has 8 heteroatoms. The van der Waals surface area contributed by atoms with Crippen molar-refractivity contribution in [1.29, 1.82) is 0 Å². The van der Waals surface area contributed by atoms with Crippen LogP contribution in [0.15, 0.2) is 22.9 Å². The van der Waals surface area contributed by atoms with Crippen LogP contribution in [-0.4, -0.2) is 33.7 Å². The summed E-state index contributed by atoms with van der Waals surface area (Å²) in [4.78, 5) is 45.8. The van der Waals surface area contributed by atoms with Crippen LogP contribution in [0.3, 0.4) is 0 Å². The van der Waals surface area contributed by atoms with E-state index < -0.39 is 11.9 Å². The van der Waals surface area contributed by atoms with Gasteiger partial charge in [-0.25, -0.2) is 9.97 Å². The smallest absolute Gasteiger partial charge is 0.278 e. The quantitative estimate of drug-likeness (QED) is 0.770. The Morgan fingerprint density at radius 1 is 1.23 bits per heavy atom. The highest BCUT2D eigenvalue weighted by Gasteiger charge is 2.41. The fourth-order valence-electron chi connectivity index (χ4n) is 2.95. The predicted molar refractivity (Wildman–Crippen MR) is 80.2 cm³/mol. The van der Waals surface area contributed by atoms with Gasteiger partial charge in [0.25, 0.3) is 5.91 Å². The van der Waals surface area contributed by atoms with Crippen LogP contribution in [0, 0.1) is 0 Å². The minimum absolute atomic E-state index is 0.210. The van der Waals surface area contributed by atoms with E-state index in [9.17, 15) is 14.4 Å². The summed E-state index contributed by atoms with van der Waals surface area (Å²) in [5.41, 5.74) is 1.52. The Bertz CT molecular complexity index is 867. The predicted octanol–water partition coefficient (Wildman–Crippen LogP) is 1.16. The standard InChI is InChI=1S/C14H9BrN4O3/c15-6-1-2-7-10-11(6)16-5-17-12(10)14(22)19(7)8-3-4-9(20)18-13(8)21/h1-2,5,8H,3-4H2,(H,18,20,21). The zero-order chi connectivity index (χ0) is 15.4. The number of anilines is 1. The van der Waals surface area contributed by atoms with Gasteiger partial charge in [-0.05, 0) is 34.5 Å². The molecule has 2 aromatic rings. The first-order valence-corrected chi connectivity index (χ1v) is 7.47. The highest BCUT2D eigenvalue weighted by Crippen LogP contribution is 2.40. The van der Waals surface area contributed by atoms with Crippen molar-refractivity contribution in [2.75, 3.05) is 4.90 Å². The highest BCUT2D eigenvalue weighted by atomic mass is 79.9. The summed E-state index contributed by atoms with van der Waals surface area (Å²) in [6, 6.07) is 2.84. The fraction of sp³-hybridized carbons (Fsp3) is 0.214. The van der Waals surface area contributed by atoms with Gasteiger partial charge in [-0.2, -0.15) is 0 Å². The van der Waals surface area contributed by atoms with E-state index in [0.717, 1.165) is 4.47 Å². The van der Waals surface area contributed by atoms with Crippen LogP contribution >= 0.6 is 15.9 Å². The number of rotatable bonds is 1. The summed E-state index contributed by atoms with van der Waals surface area (Å²) < 4.78 is 0.757. The normalized spacial score (nSPS) is 20.7. The number of carbonyl (C=O) groups is 3. The maximum Gasteiger partial charge on any atom is 0.278 e. The van der Waals surface area contributed by atoms with E-state index in [0.29, 0.717) is 23.0 Å². The van der Waals surface area contributed by atoms with Gasteiger partial charge < -0.3 is 0 Å². The van der Waals surface area contributed by atoms with Crippen LogP contribution in [0.25, 0.3) is 10.9 Å². The SMILES string of the molecule is O=C1CCC(N2C(=O)c3ncnc4c(Br)ccc2c34)C(=O)N1. The number of hydrogen-bond donors (Lipinski definition) is 1. The Morgan fingerprint density at radius 3 is 2.82 bits per heavy atom. The second kappa shape index (κ2) is 4.57. The van der Waals surface area contributed by atoms with Crippen LogP contribution in [0.4, 0.5) is 5.69 Å². The summed E-state index contributed by atoms with van der Waals surface area (Å²) in [5, 5.41) is 2.91. The highest BCUT2D eigenvalue weighted by molar-refractivity contribution is 9.10. The first-order chi connectivity index (χ1) is 10.6. The molecule has 1 N–H and O–H groups in total. The maximum atomic E-state index is 12.7.